The lowest BCUT2D eigenvalue weighted by molar-refractivity contribution is -0.123. The number of halogens is 1. The Hall–Kier alpha value is -0.840. The molecule has 0 aliphatic heterocycles. The third-order valence-electron chi connectivity index (χ3n) is 2.87. The monoisotopic (exact) mass is 270 g/mol. The average Bonchev–Trinajstić information content (AvgIpc) is 2.59. The van der Waals surface area contributed by atoms with Gasteiger partial charge in [0.25, 0.3) is 0 Å². The molecule has 1 atom stereocenters. The summed E-state index contributed by atoms with van der Waals surface area (Å²) >= 11 is 4.86. The summed E-state index contributed by atoms with van der Waals surface area (Å²) in [6, 6.07) is 4.84. The molecule has 1 aliphatic rings. The van der Waals surface area contributed by atoms with E-state index in [0.29, 0.717) is 15.5 Å². The lowest BCUT2D eigenvalue weighted by Crippen LogP contribution is -2.13. The highest BCUT2D eigenvalue weighted by molar-refractivity contribution is 7.90. The molecule has 1 aromatic rings. The number of Topliss-reactive ketones (excluding diaryl/α,β-unsaturated/α-hetero) is 2. The molecule has 1 aromatic carbocycles. The Labute approximate surface area is 107 Å². The van der Waals surface area contributed by atoms with Crippen molar-refractivity contribution in [2.75, 3.05) is 6.26 Å². The van der Waals surface area contributed by atoms with Gasteiger partial charge >= 0.3 is 0 Å². The molecule has 1 fully saturated rings. The van der Waals surface area contributed by atoms with Crippen molar-refractivity contribution in [2.24, 2.45) is 0 Å². The molecule has 90 valence electrons. The normalized spacial score (nSPS) is 18.8. The first kappa shape index (κ1) is 12.6. The fraction of sp³-hybridized carbons (Fsp3) is 0.333. The van der Waals surface area contributed by atoms with Gasteiger partial charge in [0.15, 0.2) is 4.90 Å². The van der Waals surface area contributed by atoms with Gasteiger partial charge in [-0.3, -0.25) is 9.59 Å². The molecule has 0 spiro atoms. The quantitative estimate of drug-likeness (QED) is 0.611. The second-order valence-corrected chi connectivity index (χ2v) is 5.79. The molecule has 0 amide bonds. The van der Waals surface area contributed by atoms with Crippen LogP contribution in [0.1, 0.15) is 24.3 Å². The first-order valence-electron chi connectivity index (χ1n) is 5.19. The van der Waals surface area contributed by atoms with Crippen LogP contribution in [0.2, 0.25) is 5.02 Å². The van der Waals surface area contributed by atoms with Crippen LogP contribution in [-0.2, 0) is 20.8 Å². The Bertz CT molecular complexity index is 469. The predicted molar refractivity (Wildman–Crippen MR) is 65.8 cm³/mol. The van der Waals surface area contributed by atoms with E-state index in [4.69, 9.17) is 11.6 Å². The van der Waals surface area contributed by atoms with Crippen LogP contribution in [0, 0.1) is 0 Å². The van der Waals surface area contributed by atoms with Crippen molar-refractivity contribution in [2.45, 2.75) is 23.7 Å². The zero-order valence-corrected chi connectivity index (χ0v) is 10.8. The molecule has 0 saturated heterocycles. The Morgan fingerprint density at radius 1 is 1.29 bits per heavy atom. The van der Waals surface area contributed by atoms with Gasteiger partial charge in [-0.05, 0) is 34.9 Å². The van der Waals surface area contributed by atoms with Gasteiger partial charge in [0.05, 0.1) is 0 Å². The Morgan fingerprint density at radius 2 is 1.88 bits per heavy atom. The van der Waals surface area contributed by atoms with Crippen LogP contribution in [0.4, 0.5) is 0 Å². The van der Waals surface area contributed by atoms with Crippen molar-refractivity contribution in [1.82, 2.24) is 0 Å². The standard InChI is InChI=1S/C12H11ClO3S/c1-17(16)7-2-3-9(13)8(6-7)12-10(14)4-5-11(12)15/h2-3,6,12H,4-5H2,1H3. The molecule has 1 unspecified atom stereocenters. The van der Waals surface area contributed by atoms with Gasteiger partial charge < -0.3 is 4.55 Å². The number of hydrogen-bond donors (Lipinski definition) is 0. The maximum absolute atomic E-state index is 11.7. The van der Waals surface area contributed by atoms with Gasteiger partial charge in [0, 0.05) is 17.9 Å². The lowest BCUT2D eigenvalue weighted by Gasteiger charge is -2.12. The van der Waals surface area contributed by atoms with E-state index < -0.39 is 17.1 Å². The summed E-state index contributed by atoms with van der Waals surface area (Å²) in [6.07, 6.45) is 2.10. The molecular weight excluding hydrogens is 260 g/mol. The zero-order valence-electron chi connectivity index (χ0n) is 9.23. The maximum Gasteiger partial charge on any atom is 0.152 e. The molecule has 0 heterocycles. The van der Waals surface area contributed by atoms with E-state index >= 15 is 0 Å². The molecule has 0 radical (unpaired) electrons. The summed E-state index contributed by atoms with van der Waals surface area (Å²) in [5.41, 5.74) is 0.492. The van der Waals surface area contributed by atoms with Crippen molar-refractivity contribution in [1.29, 1.82) is 0 Å². The molecule has 2 rings (SSSR count). The van der Waals surface area contributed by atoms with Crippen LogP contribution >= 0.6 is 11.6 Å². The van der Waals surface area contributed by atoms with Gasteiger partial charge in [-0.25, -0.2) is 0 Å². The van der Waals surface area contributed by atoms with E-state index in [9.17, 15) is 14.1 Å². The number of benzene rings is 1. The Balaban J connectivity index is 2.47. The zero-order chi connectivity index (χ0) is 12.6. The largest absolute Gasteiger partial charge is 0.612 e. The van der Waals surface area contributed by atoms with Gasteiger partial charge in [0.2, 0.25) is 0 Å². The van der Waals surface area contributed by atoms with Crippen molar-refractivity contribution >= 4 is 34.3 Å². The van der Waals surface area contributed by atoms with E-state index in [1.807, 2.05) is 0 Å². The van der Waals surface area contributed by atoms with E-state index in [1.165, 1.54) is 0 Å². The molecule has 0 bridgehead atoms. The first-order valence-corrected chi connectivity index (χ1v) is 7.12. The summed E-state index contributed by atoms with van der Waals surface area (Å²) in [4.78, 5) is 23.9. The third-order valence-corrected chi connectivity index (χ3v) is 4.13. The highest BCUT2D eigenvalue weighted by Crippen LogP contribution is 2.34. The van der Waals surface area contributed by atoms with Crippen molar-refractivity contribution in [3.63, 3.8) is 0 Å². The number of rotatable bonds is 2. The number of carbonyl (C=O) groups excluding carboxylic acids is 2. The van der Waals surface area contributed by atoms with E-state index in [2.05, 4.69) is 0 Å². The first-order chi connectivity index (χ1) is 8.00. The molecule has 17 heavy (non-hydrogen) atoms. The van der Waals surface area contributed by atoms with Crippen LogP contribution in [0.3, 0.4) is 0 Å². The minimum atomic E-state index is -1.15. The minimum Gasteiger partial charge on any atom is -0.612 e. The van der Waals surface area contributed by atoms with Gasteiger partial charge in [0.1, 0.15) is 23.7 Å². The van der Waals surface area contributed by atoms with Gasteiger partial charge in [-0.15, -0.1) is 0 Å². The summed E-state index contributed by atoms with van der Waals surface area (Å²) in [5.74, 6) is -0.960. The number of hydrogen-bond acceptors (Lipinski definition) is 3. The van der Waals surface area contributed by atoms with E-state index in [0.717, 1.165) is 0 Å². The third kappa shape index (κ3) is 2.39. The lowest BCUT2D eigenvalue weighted by atomic mass is 9.96. The number of ketones is 2. The molecule has 1 saturated carbocycles. The van der Waals surface area contributed by atoms with E-state index in [-0.39, 0.29) is 24.4 Å². The maximum atomic E-state index is 11.7. The summed E-state index contributed by atoms with van der Waals surface area (Å²) < 4.78 is 11.4. The number of carbonyl (C=O) groups is 2. The average molecular weight is 271 g/mol. The molecule has 3 nitrogen and oxygen atoms in total. The van der Waals surface area contributed by atoms with Gasteiger partial charge in [-0.2, -0.15) is 0 Å². The summed E-state index contributed by atoms with van der Waals surface area (Å²) in [5, 5.41) is 0.382. The van der Waals surface area contributed by atoms with Crippen LogP contribution in [0.15, 0.2) is 23.1 Å². The van der Waals surface area contributed by atoms with Crippen LogP contribution in [0.25, 0.3) is 0 Å². The highest BCUT2D eigenvalue weighted by Gasteiger charge is 2.35. The smallest absolute Gasteiger partial charge is 0.152 e. The van der Waals surface area contributed by atoms with E-state index in [1.54, 1.807) is 24.5 Å². The fourth-order valence-electron chi connectivity index (χ4n) is 1.98. The second-order valence-electron chi connectivity index (χ2n) is 4.00. The van der Waals surface area contributed by atoms with Crippen LogP contribution < -0.4 is 0 Å². The van der Waals surface area contributed by atoms with Gasteiger partial charge in [-0.1, -0.05) is 11.6 Å². The van der Waals surface area contributed by atoms with Crippen LogP contribution in [-0.4, -0.2) is 22.4 Å². The van der Waals surface area contributed by atoms with Crippen molar-refractivity contribution in [3.8, 4) is 0 Å². The molecule has 0 N–H and O–H groups in total. The van der Waals surface area contributed by atoms with Crippen LogP contribution in [0.5, 0.6) is 0 Å². The predicted octanol–water partition coefficient (Wildman–Crippen LogP) is 2.09. The fourth-order valence-corrected chi connectivity index (χ4v) is 2.76. The minimum absolute atomic E-state index is 0.101. The Morgan fingerprint density at radius 3 is 2.41 bits per heavy atom. The second kappa shape index (κ2) is 4.80. The topological polar surface area (TPSA) is 57.2 Å². The molecule has 0 aromatic heterocycles. The summed E-state index contributed by atoms with van der Waals surface area (Å²) in [6.45, 7) is 0. The van der Waals surface area contributed by atoms with Crippen molar-refractivity contribution < 1.29 is 14.1 Å². The Kier molecular flexibility index (Phi) is 3.56. The molecule has 1 aliphatic carbocycles. The summed E-state index contributed by atoms with van der Waals surface area (Å²) in [7, 11) is 0. The highest BCUT2D eigenvalue weighted by atomic mass is 35.5. The molecule has 5 heteroatoms. The van der Waals surface area contributed by atoms with Crippen molar-refractivity contribution in [3.05, 3.63) is 28.8 Å². The SMILES string of the molecule is C[S+]([O-])c1ccc(Cl)c(C2C(=O)CCC2=O)c1. The molecular formula is C12H11ClO3S.